The van der Waals surface area contributed by atoms with Gasteiger partial charge in [-0.1, -0.05) is 0 Å². The summed E-state index contributed by atoms with van der Waals surface area (Å²) >= 11 is 0. The van der Waals surface area contributed by atoms with Gasteiger partial charge in [0.05, 0.1) is 17.5 Å². The zero-order valence-corrected chi connectivity index (χ0v) is 13.3. The van der Waals surface area contributed by atoms with Crippen LogP contribution in [0.1, 0.15) is 23.2 Å². The van der Waals surface area contributed by atoms with E-state index in [9.17, 15) is 18.3 Å². The van der Waals surface area contributed by atoms with Crippen molar-refractivity contribution in [1.29, 1.82) is 0 Å². The number of phenolic OH excluding ortho intramolecular Hbond substituents is 1. The minimum absolute atomic E-state index is 0. The van der Waals surface area contributed by atoms with E-state index in [4.69, 9.17) is 0 Å². The molecule has 1 aromatic rings. The number of benzene rings is 1. The number of nitrogens with one attached hydrogen (secondary N) is 2. The molecular formula is C13H19ClN2O4S. The second-order valence-electron chi connectivity index (χ2n) is 4.99. The number of aromatic hydroxyl groups is 1. The lowest BCUT2D eigenvalue weighted by molar-refractivity contribution is 0.0892. The number of hydrogen-bond donors (Lipinski definition) is 3. The Morgan fingerprint density at radius 3 is 2.48 bits per heavy atom. The summed E-state index contributed by atoms with van der Waals surface area (Å²) in [5.74, 6) is -0.368. The molecule has 1 aromatic carbocycles. The molecule has 0 radical (unpaired) electrons. The second kappa shape index (κ2) is 7.11. The van der Waals surface area contributed by atoms with Gasteiger partial charge >= 0.3 is 0 Å². The van der Waals surface area contributed by atoms with Crippen LogP contribution in [0.25, 0.3) is 0 Å². The van der Waals surface area contributed by atoms with Gasteiger partial charge in [-0.05, 0) is 38.1 Å². The van der Waals surface area contributed by atoms with Crippen LogP contribution >= 0.6 is 12.4 Å². The summed E-state index contributed by atoms with van der Waals surface area (Å²) in [5.41, 5.74) is 0.489. The summed E-state index contributed by atoms with van der Waals surface area (Å²) in [6.07, 6.45) is 2.53. The first-order valence-corrected chi connectivity index (χ1v) is 8.32. The van der Waals surface area contributed by atoms with Gasteiger partial charge in [0.25, 0.3) is 0 Å². The standard InChI is InChI=1S/C13H18N2O4S.ClH/c1-20(18,19)15-10-2-3-11(12(16)8-10)13(17)9-4-6-14-7-5-9;/h2-3,8-9,14-16H,4-7H2,1H3;1H. The molecule has 21 heavy (non-hydrogen) atoms. The third-order valence-corrected chi connectivity index (χ3v) is 3.88. The zero-order chi connectivity index (χ0) is 14.8. The number of rotatable bonds is 4. The molecule has 0 saturated carbocycles. The lowest BCUT2D eigenvalue weighted by atomic mass is 9.89. The van der Waals surface area contributed by atoms with Gasteiger partial charge in [0.15, 0.2) is 5.78 Å². The second-order valence-corrected chi connectivity index (χ2v) is 6.74. The van der Waals surface area contributed by atoms with Crippen molar-refractivity contribution in [3.05, 3.63) is 23.8 Å². The van der Waals surface area contributed by atoms with Crippen LogP contribution in [0.4, 0.5) is 5.69 Å². The Balaban J connectivity index is 0.00000220. The van der Waals surface area contributed by atoms with Crippen molar-refractivity contribution in [3.63, 3.8) is 0 Å². The molecule has 6 nitrogen and oxygen atoms in total. The molecule has 1 heterocycles. The van der Waals surface area contributed by atoms with Gasteiger partial charge in [-0.2, -0.15) is 0 Å². The van der Waals surface area contributed by atoms with Crippen LogP contribution in [-0.4, -0.2) is 38.7 Å². The first-order valence-electron chi connectivity index (χ1n) is 6.42. The average Bonchev–Trinajstić information content (AvgIpc) is 2.37. The molecule has 2 rings (SSSR count). The van der Waals surface area contributed by atoms with E-state index in [1.165, 1.54) is 18.2 Å². The van der Waals surface area contributed by atoms with Crippen LogP contribution in [-0.2, 0) is 10.0 Å². The van der Waals surface area contributed by atoms with Crippen LogP contribution in [0.2, 0.25) is 0 Å². The van der Waals surface area contributed by atoms with Crippen LogP contribution < -0.4 is 10.0 Å². The minimum Gasteiger partial charge on any atom is -0.507 e. The molecule has 118 valence electrons. The average molecular weight is 335 g/mol. The number of ketones is 1. The van der Waals surface area contributed by atoms with Crippen molar-refractivity contribution in [3.8, 4) is 5.75 Å². The Kier molecular flexibility index (Phi) is 6.00. The molecule has 1 fully saturated rings. The lowest BCUT2D eigenvalue weighted by Gasteiger charge is -2.21. The zero-order valence-electron chi connectivity index (χ0n) is 11.6. The molecule has 0 amide bonds. The topological polar surface area (TPSA) is 95.5 Å². The number of phenols is 1. The predicted molar refractivity (Wildman–Crippen MR) is 83.7 cm³/mol. The summed E-state index contributed by atoms with van der Waals surface area (Å²) in [4.78, 5) is 12.3. The first-order chi connectivity index (χ1) is 9.37. The predicted octanol–water partition coefficient (Wildman–Crippen LogP) is 1.37. The molecule has 0 aromatic heterocycles. The molecule has 0 atom stereocenters. The van der Waals surface area contributed by atoms with Crippen LogP contribution in [0.5, 0.6) is 5.75 Å². The Bertz CT molecular complexity index is 613. The van der Waals surface area contributed by atoms with Gasteiger partial charge in [0.1, 0.15) is 5.75 Å². The largest absolute Gasteiger partial charge is 0.507 e. The molecule has 8 heteroatoms. The summed E-state index contributed by atoms with van der Waals surface area (Å²) in [7, 11) is -3.40. The lowest BCUT2D eigenvalue weighted by Crippen LogP contribution is -2.31. The smallest absolute Gasteiger partial charge is 0.229 e. The van der Waals surface area contributed by atoms with Crippen molar-refractivity contribution in [2.45, 2.75) is 12.8 Å². The fraction of sp³-hybridized carbons (Fsp3) is 0.462. The number of carbonyl (C=O) groups is 1. The molecule has 1 aliphatic rings. The molecule has 1 saturated heterocycles. The molecule has 3 N–H and O–H groups in total. The molecule has 0 aliphatic carbocycles. The van der Waals surface area contributed by atoms with E-state index < -0.39 is 10.0 Å². The monoisotopic (exact) mass is 334 g/mol. The SMILES string of the molecule is CS(=O)(=O)Nc1ccc(C(=O)C2CCNCC2)c(O)c1.Cl. The Morgan fingerprint density at radius 2 is 1.95 bits per heavy atom. The van der Waals surface area contributed by atoms with Gasteiger partial charge in [0.2, 0.25) is 10.0 Å². The fourth-order valence-corrected chi connectivity index (χ4v) is 2.88. The summed E-state index contributed by atoms with van der Waals surface area (Å²) in [6.45, 7) is 1.59. The van der Waals surface area contributed by atoms with E-state index in [1.807, 2.05) is 0 Å². The first kappa shape index (κ1) is 17.7. The minimum atomic E-state index is -3.40. The fourth-order valence-electron chi connectivity index (χ4n) is 2.32. The van der Waals surface area contributed by atoms with E-state index in [1.54, 1.807) is 0 Å². The number of anilines is 1. The summed E-state index contributed by atoms with van der Waals surface area (Å²) < 4.78 is 24.5. The normalized spacial score (nSPS) is 16.0. The molecule has 0 bridgehead atoms. The van der Waals surface area contributed by atoms with Gasteiger partial charge in [-0.25, -0.2) is 8.42 Å². The maximum absolute atomic E-state index is 12.3. The highest BCUT2D eigenvalue weighted by Crippen LogP contribution is 2.27. The van der Waals surface area contributed by atoms with E-state index in [0.717, 1.165) is 32.2 Å². The van der Waals surface area contributed by atoms with Crippen LogP contribution in [0, 0.1) is 5.92 Å². The maximum atomic E-state index is 12.3. The highest BCUT2D eigenvalue weighted by molar-refractivity contribution is 7.92. The molecule has 0 spiro atoms. The summed E-state index contributed by atoms with van der Waals surface area (Å²) in [6, 6.07) is 4.21. The summed E-state index contributed by atoms with van der Waals surface area (Å²) in [5, 5.41) is 13.1. The number of carbonyl (C=O) groups excluding carboxylic acids is 1. The van der Waals surface area contributed by atoms with E-state index in [-0.39, 0.29) is 41.1 Å². The number of Topliss-reactive ketones (excluding diaryl/α,β-unsaturated/α-hetero) is 1. The number of sulfonamides is 1. The van der Waals surface area contributed by atoms with Gasteiger partial charge in [0, 0.05) is 12.0 Å². The highest BCUT2D eigenvalue weighted by atomic mass is 35.5. The number of halogens is 1. The van der Waals surface area contributed by atoms with E-state index in [0.29, 0.717) is 0 Å². The Labute approximate surface area is 130 Å². The maximum Gasteiger partial charge on any atom is 0.229 e. The Hall–Kier alpha value is -1.31. The number of hydrogen-bond acceptors (Lipinski definition) is 5. The van der Waals surface area contributed by atoms with E-state index in [2.05, 4.69) is 10.0 Å². The van der Waals surface area contributed by atoms with Gasteiger partial charge in [-0.3, -0.25) is 9.52 Å². The Morgan fingerprint density at radius 1 is 1.33 bits per heavy atom. The molecular weight excluding hydrogens is 316 g/mol. The number of piperidine rings is 1. The van der Waals surface area contributed by atoms with Crippen LogP contribution in [0.3, 0.4) is 0 Å². The van der Waals surface area contributed by atoms with E-state index >= 15 is 0 Å². The van der Waals surface area contributed by atoms with Crippen molar-refractivity contribution in [2.75, 3.05) is 24.1 Å². The third-order valence-electron chi connectivity index (χ3n) is 3.28. The van der Waals surface area contributed by atoms with Crippen LogP contribution in [0.15, 0.2) is 18.2 Å². The molecule has 1 aliphatic heterocycles. The highest BCUT2D eigenvalue weighted by Gasteiger charge is 2.24. The van der Waals surface area contributed by atoms with Gasteiger partial charge in [-0.15, -0.1) is 12.4 Å². The quantitative estimate of drug-likeness (QED) is 0.723. The van der Waals surface area contributed by atoms with Crippen molar-refractivity contribution >= 4 is 33.9 Å². The van der Waals surface area contributed by atoms with Crippen molar-refractivity contribution in [1.82, 2.24) is 5.32 Å². The molecule has 0 unspecified atom stereocenters. The van der Waals surface area contributed by atoms with Crippen molar-refractivity contribution < 1.29 is 18.3 Å². The van der Waals surface area contributed by atoms with Crippen molar-refractivity contribution in [2.24, 2.45) is 5.92 Å². The van der Waals surface area contributed by atoms with Gasteiger partial charge < -0.3 is 10.4 Å². The third kappa shape index (κ3) is 4.87.